The molecule has 0 unspecified atom stereocenters. The predicted molar refractivity (Wildman–Crippen MR) is 107 cm³/mol. The van der Waals surface area contributed by atoms with E-state index in [1.54, 1.807) is 0 Å². The van der Waals surface area contributed by atoms with Gasteiger partial charge in [0, 0.05) is 0 Å². The van der Waals surface area contributed by atoms with Crippen LogP contribution in [0.5, 0.6) is 11.5 Å². The molecule has 21 heavy (non-hydrogen) atoms. The lowest BCUT2D eigenvalue weighted by atomic mass is 10.1. The molecule has 2 aromatic carbocycles. The van der Waals surface area contributed by atoms with Crippen molar-refractivity contribution in [1.29, 1.82) is 0 Å². The van der Waals surface area contributed by atoms with Gasteiger partial charge in [0.1, 0.15) is 11.5 Å². The van der Waals surface area contributed by atoms with Crippen LogP contribution in [0, 0.1) is 0 Å². The molecule has 1 nitrogen and oxygen atoms in total. The van der Waals surface area contributed by atoms with Crippen LogP contribution >= 0.6 is 45.2 Å². The Bertz CT molecular complexity index is 505. The highest BCUT2D eigenvalue weighted by atomic mass is 127. The minimum atomic E-state index is 0.937. The second-order valence-electron chi connectivity index (χ2n) is 4.98. The van der Waals surface area contributed by atoms with Gasteiger partial charge in [-0.15, -0.1) is 0 Å². The van der Waals surface area contributed by atoms with Crippen molar-refractivity contribution in [3.8, 4) is 11.5 Å². The summed E-state index contributed by atoms with van der Waals surface area (Å²) in [6.07, 6.45) is 4.68. The Kier molecular flexibility index (Phi) is 7.85. The first-order chi connectivity index (χ1) is 10.3. The van der Waals surface area contributed by atoms with Gasteiger partial charge < -0.3 is 4.74 Å². The van der Waals surface area contributed by atoms with Crippen molar-refractivity contribution in [3.05, 3.63) is 59.7 Å². The van der Waals surface area contributed by atoms with E-state index < -0.39 is 0 Å². The third kappa shape index (κ3) is 6.14. The molecule has 0 N–H and O–H groups in total. The number of hydrogen-bond donors (Lipinski definition) is 0. The number of halogens is 2. The maximum atomic E-state index is 6.02. The van der Waals surface area contributed by atoms with Gasteiger partial charge in [0.05, 0.1) is 0 Å². The van der Waals surface area contributed by atoms with Gasteiger partial charge in [0.25, 0.3) is 0 Å². The van der Waals surface area contributed by atoms with Crippen LogP contribution in [-0.2, 0) is 12.8 Å². The third-order valence-electron chi connectivity index (χ3n) is 3.23. The quantitative estimate of drug-likeness (QED) is 0.306. The number of alkyl halides is 2. The zero-order valence-corrected chi connectivity index (χ0v) is 16.3. The van der Waals surface area contributed by atoms with E-state index in [-0.39, 0.29) is 0 Å². The molecule has 0 aliphatic rings. The number of ether oxygens (including phenoxy) is 1. The highest BCUT2D eigenvalue weighted by molar-refractivity contribution is 14.1. The first-order valence-electron chi connectivity index (χ1n) is 7.29. The summed E-state index contributed by atoms with van der Waals surface area (Å²) >= 11 is 4.85. The Balaban J connectivity index is 2.03. The minimum Gasteiger partial charge on any atom is -0.457 e. The fraction of sp³-hybridized carbons (Fsp3) is 0.333. The molecular weight excluding hydrogens is 486 g/mol. The molecule has 0 bridgehead atoms. The van der Waals surface area contributed by atoms with Gasteiger partial charge >= 0.3 is 0 Å². The van der Waals surface area contributed by atoms with Crippen molar-refractivity contribution >= 4 is 45.2 Å². The molecule has 0 saturated heterocycles. The number of hydrogen-bond acceptors (Lipinski definition) is 1. The smallest absolute Gasteiger partial charge is 0.127 e. The first-order valence-corrected chi connectivity index (χ1v) is 10.3. The molecule has 0 aliphatic heterocycles. The van der Waals surface area contributed by atoms with Gasteiger partial charge in [-0.05, 0) is 69.9 Å². The maximum Gasteiger partial charge on any atom is 0.127 e. The van der Waals surface area contributed by atoms with E-state index in [0.29, 0.717) is 0 Å². The summed E-state index contributed by atoms with van der Waals surface area (Å²) in [5.74, 6) is 1.87. The van der Waals surface area contributed by atoms with Gasteiger partial charge in [-0.1, -0.05) is 69.4 Å². The Morgan fingerprint density at radius 3 is 1.62 bits per heavy atom. The Morgan fingerprint density at radius 2 is 1.19 bits per heavy atom. The van der Waals surface area contributed by atoms with E-state index >= 15 is 0 Å². The normalized spacial score (nSPS) is 10.6. The van der Waals surface area contributed by atoms with Crippen LogP contribution < -0.4 is 4.74 Å². The Hall–Kier alpha value is -0.300. The topological polar surface area (TPSA) is 9.23 Å². The molecule has 3 heteroatoms. The van der Waals surface area contributed by atoms with Crippen LogP contribution in [0.25, 0.3) is 0 Å². The van der Waals surface area contributed by atoms with Crippen molar-refractivity contribution < 1.29 is 4.74 Å². The minimum absolute atomic E-state index is 0.937. The van der Waals surface area contributed by atoms with Crippen LogP contribution in [0.1, 0.15) is 24.0 Å². The molecular formula is C18H20I2O. The summed E-state index contributed by atoms with van der Waals surface area (Å²) in [6, 6.07) is 16.9. The zero-order valence-electron chi connectivity index (χ0n) is 12.0. The van der Waals surface area contributed by atoms with E-state index in [4.69, 9.17) is 4.74 Å². The molecule has 0 aromatic heterocycles. The molecule has 0 saturated carbocycles. The van der Waals surface area contributed by atoms with E-state index in [0.717, 1.165) is 24.3 Å². The van der Waals surface area contributed by atoms with E-state index in [9.17, 15) is 0 Å². The molecule has 0 aliphatic carbocycles. The SMILES string of the molecule is ICCCc1cccc(Oc2cccc(CCCI)c2)c1. The highest BCUT2D eigenvalue weighted by Crippen LogP contribution is 2.24. The fourth-order valence-electron chi connectivity index (χ4n) is 2.21. The van der Waals surface area contributed by atoms with Crippen LogP contribution in [-0.4, -0.2) is 8.86 Å². The molecule has 0 amide bonds. The molecule has 0 radical (unpaired) electrons. The van der Waals surface area contributed by atoms with Gasteiger partial charge in [-0.2, -0.15) is 0 Å². The Labute approximate surface area is 154 Å². The lowest BCUT2D eigenvalue weighted by Gasteiger charge is -2.09. The van der Waals surface area contributed by atoms with Crippen molar-refractivity contribution in [1.82, 2.24) is 0 Å². The highest BCUT2D eigenvalue weighted by Gasteiger charge is 2.01. The molecule has 2 aromatic rings. The largest absolute Gasteiger partial charge is 0.457 e. The van der Waals surface area contributed by atoms with Crippen LogP contribution in [0.4, 0.5) is 0 Å². The standard InChI is InChI=1S/C18H20I2O/c19-11-3-7-15-5-1-9-17(13-15)21-18-10-2-6-16(14-18)8-4-12-20/h1-2,5-6,9-10,13-14H,3-4,7-8,11-12H2. The molecule has 0 spiro atoms. The summed E-state index contributed by atoms with van der Waals surface area (Å²) < 4.78 is 8.41. The van der Waals surface area contributed by atoms with Gasteiger partial charge in [-0.3, -0.25) is 0 Å². The number of aryl methyl sites for hydroxylation is 2. The van der Waals surface area contributed by atoms with Crippen LogP contribution in [0.2, 0.25) is 0 Å². The molecule has 112 valence electrons. The lowest BCUT2D eigenvalue weighted by Crippen LogP contribution is -1.91. The van der Waals surface area contributed by atoms with Crippen molar-refractivity contribution in [2.75, 3.05) is 8.86 Å². The predicted octanol–water partition coefficient (Wildman–Crippen LogP) is 6.21. The van der Waals surface area contributed by atoms with Crippen molar-refractivity contribution in [2.45, 2.75) is 25.7 Å². The zero-order chi connectivity index (χ0) is 14.9. The second kappa shape index (κ2) is 9.66. The molecule has 2 rings (SSSR count). The van der Waals surface area contributed by atoms with Crippen LogP contribution in [0.3, 0.4) is 0 Å². The van der Waals surface area contributed by atoms with Gasteiger partial charge in [0.15, 0.2) is 0 Å². The average molecular weight is 506 g/mol. The lowest BCUT2D eigenvalue weighted by molar-refractivity contribution is 0.481. The van der Waals surface area contributed by atoms with Crippen LogP contribution in [0.15, 0.2) is 48.5 Å². The van der Waals surface area contributed by atoms with Gasteiger partial charge in [0.2, 0.25) is 0 Å². The monoisotopic (exact) mass is 506 g/mol. The van der Waals surface area contributed by atoms with E-state index in [2.05, 4.69) is 81.6 Å². The Morgan fingerprint density at radius 1 is 0.714 bits per heavy atom. The van der Waals surface area contributed by atoms with Gasteiger partial charge in [-0.25, -0.2) is 0 Å². The summed E-state index contributed by atoms with van der Waals surface area (Å²) in [7, 11) is 0. The van der Waals surface area contributed by atoms with Crippen molar-refractivity contribution in [3.63, 3.8) is 0 Å². The summed E-state index contributed by atoms with van der Waals surface area (Å²) in [5.41, 5.74) is 2.70. The summed E-state index contributed by atoms with van der Waals surface area (Å²) in [6.45, 7) is 0. The second-order valence-corrected chi connectivity index (χ2v) is 7.14. The summed E-state index contributed by atoms with van der Waals surface area (Å²) in [4.78, 5) is 0. The first kappa shape index (κ1) is 17.1. The number of benzene rings is 2. The average Bonchev–Trinajstić information content (AvgIpc) is 2.52. The number of rotatable bonds is 8. The third-order valence-corrected chi connectivity index (χ3v) is 4.76. The van der Waals surface area contributed by atoms with E-state index in [1.807, 2.05) is 12.1 Å². The maximum absolute atomic E-state index is 6.02. The molecule has 0 fully saturated rings. The summed E-state index contributed by atoms with van der Waals surface area (Å²) in [5, 5.41) is 0. The fourth-order valence-corrected chi connectivity index (χ4v) is 2.97. The van der Waals surface area contributed by atoms with Crippen molar-refractivity contribution in [2.24, 2.45) is 0 Å². The molecule has 0 atom stereocenters. The van der Waals surface area contributed by atoms with E-state index in [1.165, 1.54) is 32.8 Å². The molecule has 0 heterocycles.